The van der Waals surface area contributed by atoms with Gasteiger partial charge in [0.2, 0.25) is 5.91 Å². The lowest BCUT2D eigenvalue weighted by Gasteiger charge is -2.49. The van der Waals surface area contributed by atoms with Gasteiger partial charge in [-0.1, -0.05) is 49.1 Å². The lowest BCUT2D eigenvalue weighted by molar-refractivity contribution is -0.141. The molecule has 1 aromatic carbocycles. The summed E-state index contributed by atoms with van der Waals surface area (Å²) in [6, 6.07) is 12.8. The molecule has 3 aromatic rings. The lowest BCUT2D eigenvalue weighted by atomic mass is 9.63. The second kappa shape index (κ2) is 14.0. The number of hydrogen-bond acceptors (Lipinski definition) is 6. The van der Waals surface area contributed by atoms with E-state index >= 15 is 0 Å². The molecule has 6 rings (SSSR count). The number of aryl methyl sites for hydroxylation is 1. The Labute approximate surface area is 271 Å². The summed E-state index contributed by atoms with van der Waals surface area (Å²) in [6.07, 6.45) is 13.5. The van der Waals surface area contributed by atoms with E-state index in [2.05, 4.69) is 20.0 Å². The van der Waals surface area contributed by atoms with E-state index in [9.17, 15) is 9.59 Å². The molecule has 9 nitrogen and oxygen atoms in total. The molecule has 2 aliphatic heterocycles. The van der Waals surface area contributed by atoms with Gasteiger partial charge in [0.25, 0.3) is 5.91 Å². The summed E-state index contributed by atoms with van der Waals surface area (Å²) < 4.78 is 1.99. The zero-order valence-electron chi connectivity index (χ0n) is 26.4. The highest BCUT2D eigenvalue weighted by Gasteiger charge is 2.46. The van der Waals surface area contributed by atoms with Crippen molar-refractivity contribution in [2.75, 3.05) is 19.6 Å². The monoisotopic (exact) mass is 631 g/mol. The van der Waals surface area contributed by atoms with Crippen molar-refractivity contribution in [3.63, 3.8) is 0 Å². The Balaban J connectivity index is 1.27. The molecular formula is C35H46ClN7O2. The van der Waals surface area contributed by atoms with Crippen molar-refractivity contribution in [1.82, 2.24) is 29.5 Å². The molecule has 1 aliphatic carbocycles. The summed E-state index contributed by atoms with van der Waals surface area (Å²) in [5, 5.41) is 5.13. The normalized spacial score (nSPS) is 23.1. The largest absolute Gasteiger partial charge is 0.342 e. The van der Waals surface area contributed by atoms with E-state index in [1.165, 1.54) is 32.1 Å². The van der Waals surface area contributed by atoms with Gasteiger partial charge in [0.15, 0.2) is 0 Å². The first kappa shape index (κ1) is 31.7. The Morgan fingerprint density at radius 3 is 2.47 bits per heavy atom. The van der Waals surface area contributed by atoms with Gasteiger partial charge < -0.3 is 15.5 Å². The lowest BCUT2D eigenvalue weighted by Crippen LogP contribution is -2.58. The van der Waals surface area contributed by atoms with Crippen molar-refractivity contribution in [2.24, 2.45) is 23.0 Å². The van der Waals surface area contributed by atoms with E-state index in [0.29, 0.717) is 55.5 Å². The van der Waals surface area contributed by atoms with Gasteiger partial charge in [-0.05, 0) is 93.0 Å². The number of pyridine rings is 1. The Hall–Kier alpha value is -3.30. The van der Waals surface area contributed by atoms with Crippen LogP contribution < -0.4 is 5.73 Å². The number of likely N-dealkylation sites (tertiary alicyclic amines) is 2. The topological polar surface area (TPSA) is 110 Å². The number of nitrogens with zero attached hydrogens (tertiary/aromatic N) is 6. The molecule has 2 amide bonds. The van der Waals surface area contributed by atoms with Gasteiger partial charge in [-0.25, -0.2) is 9.97 Å². The summed E-state index contributed by atoms with van der Waals surface area (Å²) >= 11 is 6.23. The van der Waals surface area contributed by atoms with Crippen LogP contribution in [0.4, 0.5) is 0 Å². The van der Waals surface area contributed by atoms with Gasteiger partial charge in [0.1, 0.15) is 18.3 Å². The van der Waals surface area contributed by atoms with Crippen molar-refractivity contribution in [3.05, 3.63) is 77.1 Å². The molecule has 2 saturated heterocycles. The smallest absolute Gasteiger partial charge is 0.272 e. The van der Waals surface area contributed by atoms with Gasteiger partial charge in [-0.15, -0.1) is 0 Å². The van der Waals surface area contributed by atoms with E-state index in [1.54, 1.807) is 12.4 Å². The van der Waals surface area contributed by atoms with E-state index in [4.69, 9.17) is 17.3 Å². The number of benzene rings is 1. The van der Waals surface area contributed by atoms with E-state index in [1.807, 2.05) is 59.2 Å². The SMILES string of the molecule is Cc1cccc(C(=O)N2CCC(N)CC2[C@@H](Cc2ccc(Cl)cc2)C(=O)N2CCC(Cn3cncn3)(C3CCCCC3)CC2)n1. The van der Waals surface area contributed by atoms with E-state index < -0.39 is 5.92 Å². The third kappa shape index (κ3) is 7.25. The minimum absolute atomic E-state index is 0.0759. The van der Waals surface area contributed by atoms with Crippen LogP contribution in [0.1, 0.15) is 79.5 Å². The quantitative estimate of drug-likeness (QED) is 0.361. The second-order valence-corrected chi connectivity index (χ2v) is 14.0. The minimum Gasteiger partial charge on any atom is -0.342 e. The molecule has 4 heterocycles. The summed E-state index contributed by atoms with van der Waals surface area (Å²) in [7, 11) is 0. The molecule has 3 atom stereocenters. The van der Waals surface area contributed by atoms with Crippen LogP contribution in [0.15, 0.2) is 55.1 Å². The van der Waals surface area contributed by atoms with Crippen LogP contribution in [0.25, 0.3) is 0 Å². The molecule has 0 radical (unpaired) electrons. The Morgan fingerprint density at radius 2 is 1.78 bits per heavy atom. The number of hydrogen-bond donors (Lipinski definition) is 1. The van der Waals surface area contributed by atoms with Crippen LogP contribution in [0.5, 0.6) is 0 Å². The summed E-state index contributed by atoms with van der Waals surface area (Å²) in [5.74, 6) is 0.178. The molecule has 240 valence electrons. The zero-order valence-corrected chi connectivity index (χ0v) is 27.1. The molecule has 1 saturated carbocycles. The van der Waals surface area contributed by atoms with Crippen LogP contribution in [-0.4, -0.2) is 73.1 Å². The standard InChI is InChI=1S/C35H46ClN7O2/c1-25-6-5-9-31(40-25)34(45)43-17-14-29(37)21-32(43)30(20-26-10-12-28(36)13-11-26)33(44)41-18-15-35(16-19-41,22-42-24-38-23-39-42)27-7-3-2-4-8-27/h5-6,9-13,23-24,27,29-30,32H,2-4,7-8,14-22,37H2,1H3/t29?,30-,32?/m1/s1. The summed E-state index contributed by atoms with van der Waals surface area (Å²) in [6.45, 7) is 4.64. The number of carbonyl (C=O) groups excluding carboxylic acids is 2. The second-order valence-electron chi connectivity index (χ2n) is 13.6. The Morgan fingerprint density at radius 1 is 1.02 bits per heavy atom. The number of amides is 2. The number of piperidine rings is 2. The van der Waals surface area contributed by atoms with Crippen molar-refractivity contribution in [2.45, 2.75) is 89.8 Å². The van der Waals surface area contributed by atoms with Crippen LogP contribution >= 0.6 is 11.6 Å². The van der Waals surface area contributed by atoms with Gasteiger partial charge in [-0.3, -0.25) is 14.3 Å². The minimum atomic E-state index is -0.427. The molecule has 0 bridgehead atoms. The molecule has 0 spiro atoms. The highest BCUT2D eigenvalue weighted by atomic mass is 35.5. The maximum absolute atomic E-state index is 14.7. The van der Waals surface area contributed by atoms with Gasteiger partial charge in [-0.2, -0.15) is 5.10 Å². The van der Waals surface area contributed by atoms with Crippen LogP contribution in [0.3, 0.4) is 0 Å². The first-order chi connectivity index (χ1) is 21.8. The predicted octanol–water partition coefficient (Wildman–Crippen LogP) is 5.32. The Bertz CT molecular complexity index is 1430. The van der Waals surface area contributed by atoms with Crippen LogP contribution in [0, 0.1) is 24.2 Å². The highest BCUT2D eigenvalue weighted by Crippen LogP contribution is 2.47. The Kier molecular flexibility index (Phi) is 9.85. The molecule has 2 unspecified atom stereocenters. The summed E-state index contributed by atoms with van der Waals surface area (Å²) in [4.78, 5) is 41.4. The fourth-order valence-electron chi connectivity index (χ4n) is 8.19. The predicted molar refractivity (Wildman–Crippen MR) is 174 cm³/mol. The van der Waals surface area contributed by atoms with Crippen molar-refractivity contribution < 1.29 is 9.59 Å². The van der Waals surface area contributed by atoms with Gasteiger partial charge in [0, 0.05) is 49.0 Å². The average molecular weight is 632 g/mol. The number of carbonyl (C=O) groups is 2. The maximum Gasteiger partial charge on any atom is 0.272 e. The van der Waals surface area contributed by atoms with E-state index in [-0.39, 0.29) is 29.3 Å². The number of halogens is 1. The molecule has 10 heteroatoms. The fraction of sp³-hybridized carbons (Fsp3) is 0.571. The third-order valence-electron chi connectivity index (χ3n) is 10.7. The summed E-state index contributed by atoms with van der Waals surface area (Å²) in [5.41, 5.74) is 8.88. The zero-order chi connectivity index (χ0) is 31.4. The molecule has 2 aromatic heterocycles. The van der Waals surface area contributed by atoms with Crippen LogP contribution in [-0.2, 0) is 17.8 Å². The number of aromatic nitrogens is 4. The highest BCUT2D eigenvalue weighted by molar-refractivity contribution is 6.30. The van der Waals surface area contributed by atoms with Gasteiger partial charge >= 0.3 is 0 Å². The van der Waals surface area contributed by atoms with Crippen molar-refractivity contribution in [3.8, 4) is 0 Å². The van der Waals surface area contributed by atoms with Crippen molar-refractivity contribution >= 4 is 23.4 Å². The van der Waals surface area contributed by atoms with Crippen LogP contribution in [0.2, 0.25) is 5.02 Å². The fourth-order valence-corrected chi connectivity index (χ4v) is 8.31. The van der Waals surface area contributed by atoms with Crippen molar-refractivity contribution in [1.29, 1.82) is 0 Å². The third-order valence-corrected chi connectivity index (χ3v) is 10.9. The molecular weight excluding hydrogens is 586 g/mol. The molecule has 45 heavy (non-hydrogen) atoms. The van der Waals surface area contributed by atoms with E-state index in [0.717, 1.165) is 30.6 Å². The number of rotatable bonds is 8. The molecule has 3 fully saturated rings. The first-order valence-electron chi connectivity index (χ1n) is 16.7. The van der Waals surface area contributed by atoms with Gasteiger partial charge in [0.05, 0.1) is 5.92 Å². The molecule has 2 N–H and O–H groups in total. The first-order valence-corrected chi connectivity index (χ1v) is 17.0. The maximum atomic E-state index is 14.7. The number of nitrogens with two attached hydrogens (primary N) is 1. The average Bonchev–Trinajstić information content (AvgIpc) is 3.57. The molecule has 3 aliphatic rings.